The van der Waals surface area contributed by atoms with Crippen molar-refractivity contribution in [2.45, 2.75) is 51.3 Å². The molecule has 2 rings (SSSR count). The molecule has 0 bridgehead atoms. The Morgan fingerprint density at radius 2 is 2.19 bits per heavy atom. The van der Waals surface area contributed by atoms with Gasteiger partial charge in [-0.2, -0.15) is 8.78 Å². The lowest BCUT2D eigenvalue weighted by molar-refractivity contribution is -0.0506. The van der Waals surface area contributed by atoms with Gasteiger partial charge in [-0.25, -0.2) is 0 Å². The molecule has 0 heterocycles. The van der Waals surface area contributed by atoms with Crippen molar-refractivity contribution in [2.24, 2.45) is 5.92 Å². The summed E-state index contributed by atoms with van der Waals surface area (Å²) in [5.41, 5.74) is 0.374. The first-order valence-corrected chi connectivity index (χ1v) is 7.43. The molecule has 1 aromatic rings. The van der Waals surface area contributed by atoms with E-state index in [-0.39, 0.29) is 17.9 Å². The summed E-state index contributed by atoms with van der Waals surface area (Å²) in [6, 6.07) is 6.77. The second-order valence-corrected chi connectivity index (χ2v) is 5.98. The zero-order valence-corrected chi connectivity index (χ0v) is 12.3. The molecule has 5 heteroatoms. The maximum atomic E-state index is 12.4. The van der Waals surface area contributed by atoms with Gasteiger partial charge in [0, 0.05) is 17.6 Å². The molecule has 21 heavy (non-hydrogen) atoms. The predicted molar refractivity (Wildman–Crippen MR) is 77.4 cm³/mol. The van der Waals surface area contributed by atoms with Crippen molar-refractivity contribution in [1.82, 2.24) is 5.32 Å². The highest BCUT2D eigenvalue weighted by Gasteiger charge is 2.33. The van der Waals surface area contributed by atoms with Gasteiger partial charge in [0.05, 0.1) is 6.61 Å². The van der Waals surface area contributed by atoms with Crippen molar-refractivity contribution in [2.75, 3.05) is 6.61 Å². The Morgan fingerprint density at radius 1 is 1.43 bits per heavy atom. The van der Waals surface area contributed by atoms with Crippen LogP contribution in [0.3, 0.4) is 0 Å². The van der Waals surface area contributed by atoms with E-state index in [9.17, 15) is 13.9 Å². The molecule has 1 saturated carbocycles. The van der Waals surface area contributed by atoms with Crippen molar-refractivity contribution in [1.29, 1.82) is 0 Å². The fraction of sp³-hybridized carbons (Fsp3) is 0.625. The lowest BCUT2D eigenvalue weighted by atomic mass is 9.77. The smallest absolute Gasteiger partial charge is 0.387 e. The third-order valence-corrected chi connectivity index (χ3v) is 4.24. The van der Waals surface area contributed by atoms with Crippen LogP contribution < -0.4 is 10.1 Å². The van der Waals surface area contributed by atoms with Crippen LogP contribution in [0.2, 0.25) is 0 Å². The number of halogens is 2. The zero-order chi connectivity index (χ0) is 15.3. The van der Waals surface area contributed by atoms with E-state index in [1.54, 1.807) is 18.2 Å². The fourth-order valence-electron chi connectivity index (χ4n) is 3.16. The van der Waals surface area contributed by atoms with Crippen molar-refractivity contribution < 1.29 is 18.6 Å². The number of aliphatic hydroxyl groups excluding tert-OH is 1. The van der Waals surface area contributed by atoms with E-state index in [1.165, 1.54) is 12.5 Å². The fourth-order valence-corrected chi connectivity index (χ4v) is 3.16. The Hall–Kier alpha value is -1.20. The first-order chi connectivity index (χ1) is 10.0. The second kappa shape index (κ2) is 7.18. The van der Waals surface area contributed by atoms with E-state index < -0.39 is 6.61 Å². The summed E-state index contributed by atoms with van der Waals surface area (Å²) in [4.78, 5) is 0. The lowest BCUT2D eigenvalue weighted by Crippen LogP contribution is -2.51. The topological polar surface area (TPSA) is 41.5 Å². The van der Waals surface area contributed by atoms with Gasteiger partial charge in [0.15, 0.2) is 0 Å². The largest absolute Gasteiger partial charge is 0.434 e. The Morgan fingerprint density at radius 3 is 2.86 bits per heavy atom. The number of aliphatic hydroxyl groups is 1. The van der Waals surface area contributed by atoms with Gasteiger partial charge in [0.1, 0.15) is 5.75 Å². The van der Waals surface area contributed by atoms with Gasteiger partial charge < -0.3 is 15.2 Å². The molecular weight excluding hydrogens is 276 g/mol. The van der Waals surface area contributed by atoms with Crippen LogP contribution in [0.4, 0.5) is 8.78 Å². The SMILES string of the molecule is CC1CCCC(CO)(NCc2ccccc2OC(F)F)C1. The molecule has 1 aliphatic carbocycles. The van der Waals surface area contributed by atoms with E-state index in [1.807, 2.05) is 0 Å². The Balaban J connectivity index is 2.04. The molecule has 1 fully saturated rings. The Kier molecular flexibility index (Phi) is 5.53. The molecule has 0 amide bonds. The highest BCUT2D eigenvalue weighted by Crippen LogP contribution is 2.32. The summed E-state index contributed by atoms with van der Waals surface area (Å²) in [5.74, 6) is 0.753. The Bertz CT molecular complexity index is 456. The van der Waals surface area contributed by atoms with Gasteiger partial charge in [0.2, 0.25) is 0 Å². The molecule has 3 nitrogen and oxygen atoms in total. The third-order valence-electron chi connectivity index (χ3n) is 4.24. The van der Waals surface area contributed by atoms with Crippen LogP contribution >= 0.6 is 0 Å². The summed E-state index contributed by atoms with van der Waals surface area (Å²) in [5, 5.41) is 13.1. The van der Waals surface area contributed by atoms with Crippen molar-refractivity contribution in [3.8, 4) is 5.75 Å². The summed E-state index contributed by atoms with van der Waals surface area (Å²) in [7, 11) is 0. The molecular formula is C16H23F2NO2. The van der Waals surface area contributed by atoms with Crippen LogP contribution in [-0.4, -0.2) is 23.9 Å². The van der Waals surface area contributed by atoms with Gasteiger partial charge in [-0.3, -0.25) is 0 Å². The Labute approximate surface area is 124 Å². The predicted octanol–water partition coefficient (Wildman–Crippen LogP) is 3.32. The van der Waals surface area contributed by atoms with Crippen LogP contribution in [0, 0.1) is 5.92 Å². The van der Waals surface area contributed by atoms with Gasteiger partial charge in [-0.1, -0.05) is 38.0 Å². The normalized spacial score (nSPS) is 26.0. The number of nitrogens with one attached hydrogen (secondary N) is 1. The monoisotopic (exact) mass is 299 g/mol. The standard InChI is InChI=1S/C16H23F2NO2/c1-12-5-4-8-16(9-12,11-20)19-10-13-6-2-3-7-14(13)21-15(17)18/h2-3,6-7,12,15,19-20H,4-5,8-11H2,1H3. The molecule has 1 aliphatic rings. The quantitative estimate of drug-likeness (QED) is 0.846. The van der Waals surface area contributed by atoms with Gasteiger partial charge >= 0.3 is 6.61 Å². The number of ether oxygens (including phenoxy) is 1. The molecule has 0 aliphatic heterocycles. The maximum Gasteiger partial charge on any atom is 0.387 e. The van der Waals surface area contributed by atoms with E-state index in [2.05, 4.69) is 17.0 Å². The van der Waals surface area contributed by atoms with Gasteiger partial charge in [-0.05, 0) is 24.8 Å². The average molecular weight is 299 g/mol. The molecule has 2 N–H and O–H groups in total. The van der Waals surface area contributed by atoms with Crippen LogP contribution in [0.25, 0.3) is 0 Å². The summed E-state index contributed by atoms with van der Waals surface area (Å²) in [6.45, 7) is -0.169. The van der Waals surface area contributed by atoms with Crippen LogP contribution in [0.15, 0.2) is 24.3 Å². The number of hydrogen-bond acceptors (Lipinski definition) is 3. The highest BCUT2D eigenvalue weighted by atomic mass is 19.3. The second-order valence-electron chi connectivity index (χ2n) is 5.98. The lowest BCUT2D eigenvalue weighted by Gasteiger charge is -2.39. The van der Waals surface area contributed by atoms with E-state index in [0.29, 0.717) is 18.0 Å². The minimum atomic E-state index is -2.83. The molecule has 1 aromatic carbocycles. The molecule has 0 radical (unpaired) electrons. The summed E-state index contributed by atoms with van der Waals surface area (Å²) >= 11 is 0. The number of rotatable bonds is 6. The van der Waals surface area contributed by atoms with Gasteiger partial charge in [0.25, 0.3) is 0 Å². The number of benzene rings is 1. The van der Waals surface area contributed by atoms with E-state index in [0.717, 1.165) is 19.3 Å². The van der Waals surface area contributed by atoms with Crippen LogP contribution in [0.1, 0.15) is 38.2 Å². The van der Waals surface area contributed by atoms with Crippen molar-refractivity contribution in [3.05, 3.63) is 29.8 Å². The van der Waals surface area contributed by atoms with Crippen molar-refractivity contribution in [3.63, 3.8) is 0 Å². The van der Waals surface area contributed by atoms with E-state index >= 15 is 0 Å². The van der Waals surface area contributed by atoms with Crippen LogP contribution in [-0.2, 0) is 6.54 Å². The average Bonchev–Trinajstić information content (AvgIpc) is 2.46. The minimum absolute atomic E-state index is 0.0647. The van der Waals surface area contributed by atoms with Crippen LogP contribution in [0.5, 0.6) is 5.75 Å². The third kappa shape index (κ3) is 4.38. The first kappa shape index (κ1) is 16.2. The molecule has 2 unspecified atom stereocenters. The molecule has 118 valence electrons. The number of para-hydroxylation sites is 1. The minimum Gasteiger partial charge on any atom is -0.434 e. The molecule has 0 spiro atoms. The van der Waals surface area contributed by atoms with Gasteiger partial charge in [-0.15, -0.1) is 0 Å². The molecule has 0 aromatic heterocycles. The van der Waals surface area contributed by atoms with Crippen molar-refractivity contribution >= 4 is 0 Å². The first-order valence-electron chi connectivity index (χ1n) is 7.43. The number of hydrogen-bond donors (Lipinski definition) is 2. The molecule has 0 saturated heterocycles. The molecule has 2 atom stereocenters. The summed E-state index contributed by atoms with van der Waals surface area (Å²) < 4.78 is 29.3. The summed E-state index contributed by atoms with van der Waals surface area (Å²) in [6.07, 6.45) is 4.06. The van der Waals surface area contributed by atoms with E-state index in [4.69, 9.17) is 0 Å². The maximum absolute atomic E-state index is 12.4. The zero-order valence-electron chi connectivity index (χ0n) is 12.3. The highest BCUT2D eigenvalue weighted by molar-refractivity contribution is 5.33. The number of alkyl halides is 2.